The van der Waals surface area contributed by atoms with Gasteiger partial charge in [-0.05, 0) is 29.6 Å². The number of methoxy groups -OCH3 is 1. The summed E-state index contributed by atoms with van der Waals surface area (Å²) in [5.74, 6) is 0.497. The number of halogens is 1. The monoisotopic (exact) mass is 385 g/mol. The summed E-state index contributed by atoms with van der Waals surface area (Å²) in [7, 11) is 1.57. The van der Waals surface area contributed by atoms with Gasteiger partial charge in [-0.25, -0.2) is 9.97 Å². The normalized spacial score (nSPS) is 13.4. The fourth-order valence-corrected chi connectivity index (χ4v) is 3.97. The number of carbonyl (C=O) groups is 1. The average molecular weight is 386 g/mol. The first-order chi connectivity index (χ1) is 12.7. The van der Waals surface area contributed by atoms with Crippen LogP contribution in [0.15, 0.2) is 41.4 Å². The smallest absolute Gasteiger partial charge is 0.255 e. The van der Waals surface area contributed by atoms with Crippen molar-refractivity contribution in [1.82, 2.24) is 14.9 Å². The molecule has 7 heteroatoms. The molecule has 1 aromatic carbocycles. The molecular formula is C19H16ClN3O2S. The summed E-state index contributed by atoms with van der Waals surface area (Å²) in [6, 6.07) is 7.15. The highest BCUT2D eigenvalue weighted by molar-refractivity contribution is 7.08. The Morgan fingerprint density at radius 1 is 1.31 bits per heavy atom. The van der Waals surface area contributed by atoms with Gasteiger partial charge in [0.25, 0.3) is 5.91 Å². The Hall–Kier alpha value is -2.44. The number of thiophene rings is 1. The molecule has 0 fully saturated rings. The van der Waals surface area contributed by atoms with Crippen molar-refractivity contribution in [3.63, 3.8) is 0 Å². The maximum absolute atomic E-state index is 13.0. The van der Waals surface area contributed by atoms with Crippen molar-refractivity contribution in [2.24, 2.45) is 0 Å². The van der Waals surface area contributed by atoms with Crippen LogP contribution >= 0.6 is 22.9 Å². The van der Waals surface area contributed by atoms with Gasteiger partial charge in [-0.2, -0.15) is 11.3 Å². The lowest BCUT2D eigenvalue weighted by Gasteiger charge is -2.29. The number of aromatic nitrogens is 2. The highest BCUT2D eigenvalue weighted by atomic mass is 35.5. The van der Waals surface area contributed by atoms with Crippen LogP contribution in [0.3, 0.4) is 0 Å². The van der Waals surface area contributed by atoms with Crippen molar-refractivity contribution in [2.75, 3.05) is 13.7 Å². The Balaban J connectivity index is 1.68. The van der Waals surface area contributed by atoms with Gasteiger partial charge in [-0.1, -0.05) is 11.6 Å². The number of rotatable bonds is 3. The largest absolute Gasteiger partial charge is 0.497 e. The van der Waals surface area contributed by atoms with Crippen molar-refractivity contribution in [1.29, 1.82) is 0 Å². The van der Waals surface area contributed by atoms with Crippen molar-refractivity contribution >= 4 is 28.8 Å². The summed E-state index contributed by atoms with van der Waals surface area (Å²) in [5.41, 5.74) is 4.41. The second-order valence-electron chi connectivity index (χ2n) is 5.98. The fraction of sp³-hybridized carbons (Fsp3) is 0.211. The van der Waals surface area contributed by atoms with Crippen molar-refractivity contribution in [2.45, 2.75) is 13.0 Å². The number of hydrogen-bond acceptors (Lipinski definition) is 5. The second kappa shape index (κ2) is 7.05. The molecule has 0 saturated heterocycles. The van der Waals surface area contributed by atoms with Crippen LogP contribution in [-0.4, -0.2) is 34.4 Å². The van der Waals surface area contributed by atoms with Gasteiger partial charge >= 0.3 is 0 Å². The van der Waals surface area contributed by atoms with E-state index in [-0.39, 0.29) is 5.91 Å². The van der Waals surface area contributed by atoms with Gasteiger partial charge in [-0.3, -0.25) is 4.79 Å². The third kappa shape index (κ3) is 3.06. The second-order valence-corrected chi connectivity index (χ2v) is 7.17. The van der Waals surface area contributed by atoms with Crippen LogP contribution in [0, 0.1) is 0 Å². The molecule has 0 atom stereocenters. The summed E-state index contributed by atoms with van der Waals surface area (Å²) in [6.07, 6.45) is 2.30. The van der Waals surface area contributed by atoms with Crippen LogP contribution in [0.25, 0.3) is 11.3 Å². The minimum absolute atomic E-state index is 0.111. The summed E-state index contributed by atoms with van der Waals surface area (Å²) in [5, 5.41) is 4.50. The van der Waals surface area contributed by atoms with Gasteiger partial charge in [0, 0.05) is 36.0 Å². The zero-order valence-corrected chi connectivity index (χ0v) is 15.7. The molecule has 132 valence electrons. The van der Waals surface area contributed by atoms with E-state index in [9.17, 15) is 4.79 Å². The molecule has 3 heterocycles. The third-order valence-corrected chi connectivity index (χ3v) is 5.50. The molecule has 2 aromatic heterocycles. The Morgan fingerprint density at radius 2 is 2.19 bits per heavy atom. The van der Waals surface area contributed by atoms with Crippen LogP contribution in [-0.2, 0) is 13.0 Å². The molecular weight excluding hydrogens is 370 g/mol. The van der Waals surface area contributed by atoms with Gasteiger partial charge in [0.1, 0.15) is 12.1 Å². The third-order valence-electron chi connectivity index (χ3n) is 4.49. The Labute approximate surface area is 160 Å². The van der Waals surface area contributed by atoms with Crippen molar-refractivity contribution < 1.29 is 9.53 Å². The van der Waals surface area contributed by atoms with E-state index in [2.05, 4.69) is 15.3 Å². The van der Waals surface area contributed by atoms with Crippen molar-refractivity contribution in [3.05, 3.63) is 63.2 Å². The topological polar surface area (TPSA) is 55.3 Å². The Kier molecular flexibility index (Phi) is 4.61. The molecule has 0 spiro atoms. The number of hydrogen-bond donors (Lipinski definition) is 0. The molecule has 3 aromatic rings. The van der Waals surface area contributed by atoms with E-state index in [4.69, 9.17) is 16.3 Å². The van der Waals surface area contributed by atoms with Crippen LogP contribution in [0.2, 0.25) is 5.02 Å². The highest BCUT2D eigenvalue weighted by Crippen LogP contribution is 2.30. The minimum atomic E-state index is -0.111. The Morgan fingerprint density at radius 3 is 2.96 bits per heavy atom. The quantitative estimate of drug-likeness (QED) is 0.682. The van der Waals surface area contributed by atoms with E-state index in [1.54, 1.807) is 47.9 Å². The van der Waals surface area contributed by atoms with Crippen molar-refractivity contribution in [3.8, 4) is 17.0 Å². The molecule has 0 bridgehead atoms. The van der Waals surface area contributed by atoms with Gasteiger partial charge in [-0.15, -0.1) is 0 Å². The van der Waals surface area contributed by atoms with Crippen LogP contribution < -0.4 is 4.74 Å². The molecule has 5 nitrogen and oxygen atoms in total. The summed E-state index contributed by atoms with van der Waals surface area (Å²) in [6.45, 7) is 1.06. The molecule has 4 rings (SSSR count). The molecule has 1 aliphatic heterocycles. The maximum atomic E-state index is 13.0. The van der Waals surface area contributed by atoms with Gasteiger partial charge < -0.3 is 9.64 Å². The first-order valence-electron chi connectivity index (χ1n) is 8.15. The number of amides is 1. The van der Waals surface area contributed by atoms with Gasteiger partial charge in [0.05, 0.1) is 29.1 Å². The zero-order valence-electron chi connectivity index (χ0n) is 14.1. The Bertz CT molecular complexity index is 959. The molecule has 1 aliphatic rings. The van der Waals surface area contributed by atoms with E-state index in [1.807, 2.05) is 11.4 Å². The zero-order chi connectivity index (χ0) is 18.1. The van der Waals surface area contributed by atoms with Crippen LogP contribution in [0.4, 0.5) is 0 Å². The van der Waals surface area contributed by atoms with E-state index < -0.39 is 0 Å². The maximum Gasteiger partial charge on any atom is 0.255 e. The predicted molar refractivity (Wildman–Crippen MR) is 102 cm³/mol. The minimum Gasteiger partial charge on any atom is -0.497 e. The van der Waals surface area contributed by atoms with E-state index in [0.717, 1.165) is 22.5 Å². The van der Waals surface area contributed by atoms with E-state index >= 15 is 0 Å². The van der Waals surface area contributed by atoms with Gasteiger partial charge in [0.15, 0.2) is 0 Å². The first-order valence-corrected chi connectivity index (χ1v) is 9.47. The SMILES string of the molecule is COc1ccc(Cl)c(C(=O)N2CCc3ncnc(-c4ccsc4)c3C2)c1. The van der Waals surface area contributed by atoms with E-state index in [0.29, 0.717) is 35.8 Å². The average Bonchev–Trinajstić information content (AvgIpc) is 3.21. The van der Waals surface area contributed by atoms with Crippen LogP contribution in [0.5, 0.6) is 5.75 Å². The first kappa shape index (κ1) is 17.0. The molecule has 0 radical (unpaired) electrons. The molecule has 0 aliphatic carbocycles. The summed E-state index contributed by atoms with van der Waals surface area (Å²) < 4.78 is 5.22. The predicted octanol–water partition coefficient (Wildman–Crippen LogP) is 4.07. The standard InChI is InChI=1S/C19H16ClN3O2S/c1-25-13-2-3-16(20)14(8-13)19(24)23-6-4-17-15(9-23)18(22-11-21-17)12-5-7-26-10-12/h2-3,5,7-8,10-11H,4,6,9H2,1H3. The number of nitrogens with zero attached hydrogens (tertiary/aromatic N) is 3. The number of carbonyl (C=O) groups excluding carboxylic acids is 1. The lowest BCUT2D eigenvalue weighted by molar-refractivity contribution is 0.0733. The summed E-state index contributed by atoms with van der Waals surface area (Å²) in [4.78, 5) is 23.7. The number of ether oxygens (including phenoxy) is 1. The molecule has 0 unspecified atom stereocenters. The molecule has 26 heavy (non-hydrogen) atoms. The summed E-state index contributed by atoms with van der Waals surface area (Å²) >= 11 is 7.88. The molecule has 0 saturated carbocycles. The lowest BCUT2D eigenvalue weighted by Crippen LogP contribution is -2.37. The molecule has 0 N–H and O–H groups in total. The lowest BCUT2D eigenvalue weighted by atomic mass is 10.00. The van der Waals surface area contributed by atoms with Crippen LogP contribution in [0.1, 0.15) is 21.6 Å². The number of benzene rings is 1. The van der Waals surface area contributed by atoms with Gasteiger partial charge in [0.2, 0.25) is 0 Å². The fourth-order valence-electron chi connectivity index (χ4n) is 3.13. The highest BCUT2D eigenvalue weighted by Gasteiger charge is 2.27. The molecule has 1 amide bonds. The number of fused-ring (bicyclic) bond motifs is 1. The van der Waals surface area contributed by atoms with E-state index in [1.165, 1.54) is 0 Å².